The Hall–Kier alpha value is -8.23. The molecule has 0 saturated carbocycles. The molecule has 472 valence electrons. The number of halogens is 1. The molecule has 3 amide bonds. The van der Waals surface area contributed by atoms with Gasteiger partial charge in [0.05, 0.1) is 54.0 Å². The summed E-state index contributed by atoms with van der Waals surface area (Å²) >= 11 is 7.32. The number of esters is 2. The molecule has 2 aliphatic rings. The summed E-state index contributed by atoms with van der Waals surface area (Å²) in [6, 6.07) is 20.6. The van der Waals surface area contributed by atoms with Gasteiger partial charge in [-0.1, -0.05) is 24.3 Å². The number of nitrogens with zero attached hydrogens (tertiary/aromatic N) is 5. The first kappa shape index (κ1) is 68.3. The number of methoxy groups -OCH3 is 2. The van der Waals surface area contributed by atoms with Gasteiger partial charge in [0.2, 0.25) is 0 Å². The molecule has 0 bridgehead atoms. The maximum atomic E-state index is 13.0. The molecular formula is C58H65ClN12O12S6. The smallest absolute Gasteiger partial charge is 0.407 e. The highest BCUT2D eigenvalue weighted by Gasteiger charge is 2.26. The lowest BCUT2D eigenvalue weighted by atomic mass is 9.96. The molecule has 8 aromatic rings. The van der Waals surface area contributed by atoms with Crippen LogP contribution in [0.25, 0.3) is 0 Å². The van der Waals surface area contributed by atoms with Gasteiger partial charge in [0.1, 0.15) is 31.6 Å². The normalized spacial score (nSPS) is 13.2. The summed E-state index contributed by atoms with van der Waals surface area (Å²) in [5.41, 5.74) is 10.8. The predicted molar refractivity (Wildman–Crippen MR) is 355 cm³/mol. The molecule has 10 rings (SSSR count). The van der Waals surface area contributed by atoms with Gasteiger partial charge in [-0.15, -0.1) is 80.4 Å². The van der Waals surface area contributed by atoms with Gasteiger partial charge in [-0.25, -0.2) is 38.9 Å². The van der Waals surface area contributed by atoms with Crippen LogP contribution in [0.3, 0.4) is 0 Å². The highest BCUT2D eigenvalue weighted by Crippen LogP contribution is 2.35. The van der Waals surface area contributed by atoms with Gasteiger partial charge in [-0.2, -0.15) is 0 Å². The highest BCUT2D eigenvalue weighted by atomic mass is 35.5. The summed E-state index contributed by atoms with van der Waals surface area (Å²) in [5.74, 6) is -2.66. The van der Waals surface area contributed by atoms with Crippen LogP contribution >= 0.6 is 80.4 Å². The second-order valence-corrected chi connectivity index (χ2v) is 25.8. The van der Waals surface area contributed by atoms with Crippen LogP contribution in [0.4, 0.5) is 60.0 Å². The average Bonchev–Trinajstić information content (AvgIpc) is 3.30. The third kappa shape index (κ3) is 19.1. The zero-order valence-corrected chi connectivity index (χ0v) is 54.4. The summed E-state index contributed by atoms with van der Waals surface area (Å²) in [7, 11) is 2.64. The number of rotatable bonds is 19. The molecule has 2 fully saturated rings. The second kappa shape index (κ2) is 32.3. The molecule has 2 saturated heterocycles. The molecule has 0 spiro atoms. The lowest BCUT2D eigenvalue weighted by Gasteiger charge is -2.34. The minimum atomic E-state index is -1.09. The Bertz CT molecular complexity index is 3710. The number of aromatic nitrogens is 3. The minimum absolute atomic E-state index is 0. The zero-order valence-electron chi connectivity index (χ0n) is 48.7. The van der Waals surface area contributed by atoms with Crippen molar-refractivity contribution in [2.45, 2.75) is 52.1 Å². The number of nitrogens with one attached hydrogen (secondary N) is 6. The minimum Gasteiger partial charge on any atom is -0.477 e. The van der Waals surface area contributed by atoms with Crippen molar-refractivity contribution in [1.82, 2.24) is 20.3 Å². The number of aromatic carboxylic acids is 2. The summed E-state index contributed by atoms with van der Waals surface area (Å²) in [6.07, 6.45) is 3.52. The number of amides is 3. The Balaban J connectivity index is 0.000000201. The van der Waals surface area contributed by atoms with Crippen molar-refractivity contribution < 1.29 is 58.0 Å². The third-order valence-corrected chi connectivity index (χ3v) is 18.3. The number of hydrogen-bond acceptors (Lipinski definition) is 25. The van der Waals surface area contributed by atoms with E-state index in [0.29, 0.717) is 72.8 Å². The first-order chi connectivity index (χ1) is 42.3. The number of carboxylic acids is 2. The molecule has 6 aromatic heterocycles. The molecule has 24 nitrogen and oxygen atoms in total. The number of anilines is 10. The van der Waals surface area contributed by atoms with E-state index in [0.717, 1.165) is 91.6 Å². The van der Waals surface area contributed by atoms with Crippen molar-refractivity contribution in [2.75, 3.05) is 89.9 Å². The highest BCUT2D eigenvalue weighted by molar-refractivity contribution is 7.15. The summed E-state index contributed by atoms with van der Waals surface area (Å²) in [6.45, 7) is 10.3. The number of nitrogens with two attached hydrogens (primary N) is 1. The van der Waals surface area contributed by atoms with Crippen molar-refractivity contribution in [3.8, 4) is 0 Å². The number of para-hydroxylation sites is 4. The number of hydrogen-bond donors (Lipinski definition) is 9. The van der Waals surface area contributed by atoms with Crippen molar-refractivity contribution in [3.63, 3.8) is 0 Å². The first-order valence-electron chi connectivity index (χ1n) is 27.3. The molecule has 0 unspecified atom stereocenters. The Morgan fingerprint density at radius 3 is 1.34 bits per heavy atom. The number of carbonyl (C=O) groups is 7. The monoisotopic (exact) mass is 1350 g/mol. The Kier molecular flexibility index (Phi) is 24.8. The molecular weight excluding hydrogens is 1280 g/mol. The molecule has 31 heteroatoms. The fraction of sp³-hybridized carbons (Fsp3) is 0.310. The van der Waals surface area contributed by atoms with E-state index in [4.69, 9.17) is 20.3 Å². The van der Waals surface area contributed by atoms with Crippen molar-refractivity contribution in [1.29, 1.82) is 0 Å². The van der Waals surface area contributed by atoms with Gasteiger partial charge < -0.3 is 71.9 Å². The van der Waals surface area contributed by atoms with Crippen LogP contribution in [0.2, 0.25) is 0 Å². The number of ether oxygens (including phenoxy) is 3. The van der Waals surface area contributed by atoms with Crippen LogP contribution in [0, 0.1) is 11.8 Å². The van der Waals surface area contributed by atoms with Crippen molar-refractivity contribution >= 4 is 177 Å². The Morgan fingerprint density at radius 2 is 0.944 bits per heavy atom. The first-order valence-corrected chi connectivity index (χ1v) is 32.6. The predicted octanol–water partition coefficient (Wildman–Crippen LogP) is 12.7. The maximum Gasteiger partial charge on any atom is 0.407 e. The van der Waals surface area contributed by atoms with Crippen molar-refractivity contribution in [2.24, 2.45) is 17.6 Å². The van der Waals surface area contributed by atoms with Crippen LogP contribution in [-0.2, 0) is 14.2 Å². The van der Waals surface area contributed by atoms with E-state index >= 15 is 0 Å². The standard InChI is InChI=1S/C27H33N5O5S2.C21H23N5O3S2.C10H8N2O4S2.ClH/c1-27(2,3)37-26(35)28-15-17-9-12-32(13-10-17)21-8-6-5-7-18(21)29-23(33)20-16-39-25(31-20)30-19-11-14-38-22(19)24(34)36-4;22-11-13-5-8-26(9-6-13)17-4-2-1-3-14(17)23-19(27)16-12-31-21(25-16)24-15-7-10-30-18(15)20(28)29;1-16-9(15)7-5(2-3-17-7)11-10-12-6(4-18-10)8(13)14;/h5-8,11,14,16-17H,9-10,12-13,15H2,1-4H3,(H,28,35)(H,29,33)(H,30,31);1-4,7,10,12-13H,5-6,8-9,11,22H2,(H,23,27)(H,24,25)(H,28,29);2-4H,1H3,(H,11,12)(H,13,14);1H. The van der Waals surface area contributed by atoms with Crippen molar-refractivity contribution in [3.05, 3.63) is 131 Å². The molecule has 0 atom stereocenters. The maximum absolute atomic E-state index is 13.0. The molecule has 0 radical (unpaired) electrons. The van der Waals surface area contributed by atoms with E-state index < -0.39 is 35.6 Å². The largest absolute Gasteiger partial charge is 0.477 e. The fourth-order valence-corrected chi connectivity index (χ4v) is 13.3. The average molecular weight is 1350 g/mol. The van der Waals surface area contributed by atoms with Gasteiger partial charge in [-0.3, -0.25) is 9.59 Å². The summed E-state index contributed by atoms with van der Waals surface area (Å²) in [4.78, 5) is 101. The number of benzene rings is 2. The Morgan fingerprint density at radius 1 is 0.551 bits per heavy atom. The number of carbonyl (C=O) groups excluding carboxylic acids is 5. The van der Waals surface area contributed by atoms with Crippen LogP contribution in [-0.4, -0.2) is 126 Å². The van der Waals surface area contributed by atoms with Gasteiger partial charge in [0.25, 0.3) is 11.8 Å². The molecule has 8 heterocycles. The third-order valence-electron chi connectivity index (χ3n) is 13.3. The van der Waals surface area contributed by atoms with Crippen LogP contribution in [0.15, 0.2) is 99.0 Å². The van der Waals surface area contributed by atoms with E-state index in [2.05, 4.69) is 61.4 Å². The number of thiazole rings is 3. The molecule has 0 aliphatic carbocycles. The summed E-state index contributed by atoms with van der Waals surface area (Å²) in [5, 5.41) is 47.1. The van der Waals surface area contributed by atoms with E-state index in [1.165, 1.54) is 64.9 Å². The van der Waals surface area contributed by atoms with Gasteiger partial charge in [-0.05, 0) is 123 Å². The fourth-order valence-electron chi connectivity index (χ4n) is 8.95. The molecule has 10 N–H and O–H groups in total. The molecule has 2 aromatic carbocycles. The number of thiophene rings is 3. The topological polar surface area (TPSA) is 331 Å². The van der Waals surface area contributed by atoms with Crippen LogP contribution in [0.5, 0.6) is 0 Å². The zero-order chi connectivity index (χ0) is 62.9. The molecule has 89 heavy (non-hydrogen) atoms. The second-order valence-electron chi connectivity index (χ2n) is 20.5. The van der Waals surface area contributed by atoms with Gasteiger partial charge in [0, 0.05) is 48.9 Å². The number of carboxylic acid groups (broad SMARTS) is 2. The van der Waals surface area contributed by atoms with E-state index in [9.17, 15) is 38.7 Å². The van der Waals surface area contributed by atoms with E-state index in [-0.39, 0.29) is 46.2 Å². The number of piperidine rings is 2. The van der Waals surface area contributed by atoms with Gasteiger partial charge >= 0.3 is 30.0 Å². The molecule has 2 aliphatic heterocycles. The summed E-state index contributed by atoms with van der Waals surface area (Å²) < 4.78 is 14.8. The number of alkyl carbamates (subject to hydrolysis) is 1. The quantitative estimate of drug-likeness (QED) is 0.0268. The van der Waals surface area contributed by atoms with Crippen LogP contribution < -0.4 is 47.4 Å². The van der Waals surface area contributed by atoms with E-state index in [1.807, 2.05) is 69.3 Å². The lowest BCUT2D eigenvalue weighted by Crippen LogP contribution is -2.40. The Labute approximate surface area is 542 Å². The lowest BCUT2D eigenvalue weighted by molar-refractivity contribution is 0.0513. The van der Waals surface area contributed by atoms with Crippen LogP contribution in [0.1, 0.15) is 107 Å². The SMILES string of the molecule is COC(=O)c1sccc1Nc1nc(C(=O)Nc2ccccc2N2CCC(CNC(=O)OC(C)(C)C)CC2)cs1.COC(=O)c1sccc1Nc1nc(C(=O)O)cs1.Cl.NCC1CCN(c2ccccc2NC(=O)c2csc(Nc3ccsc3C(=O)O)n2)CC1. The van der Waals surface area contributed by atoms with E-state index in [1.54, 1.807) is 45.1 Å². The van der Waals surface area contributed by atoms with Gasteiger partial charge in [0.15, 0.2) is 21.1 Å².